The Morgan fingerprint density at radius 2 is 2.06 bits per heavy atom. The highest BCUT2D eigenvalue weighted by molar-refractivity contribution is 6.07. The Morgan fingerprint density at radius 1 is 1.29 bits per heavy atom. The second-order valence-electron chi connectivity index (χ2n) is 7.12. The molecule has 3 aromatic rings. The molecule has 0 spiro atoms. The number of halogens is 1. The van der Waals surface area contributed by atoms with Crippen molar-refractivity contribution in [2.45, 2.75) is 13.3 Å². The van der Waals surface area contributed by atoms with Gasteiger partial charge in [0.1, 0.15) is 11.7 Å². The molecule has 7 nitrogen and oxygen atoms in total. The Labute approximate surface area is 179 Å². The van der Waals surface area contributed by atoms with Crippen molar-refractivity contribution < 1.29 is 13.9 Å². The van der Waals surface area contributed by atoms with Gasteiger partial charge in [-0.1, -0.05) is 13.0 Å². The molecule has 1 atom stereocenters. The summed E-state index contributed by atoms with van der Waals surface area (Å²) in [5.41, 5.74) is 2.20. The number of rotatable bonds is 7. The predicted molar refractivity (Wildman–Crippen MR) is 115 cm³/mol. The summed E-state index contributed by atoms with van der Waals surface area (Å²) in [5.74, 6) is 0.220. The quantitative estimate of drug-likeness (QED) is 0.442. The number of carbonyl (C=O) groups excluding carboxylic acids is 1. The third kappa shape index (κ3) is 6.07. The van der Waals surface area contributed by atoms with E-state index in [0.29, 0.717) is 41.5 Å². The summed E-state index contributed by atoms with van der Waals surface area (Å²) in [7, 11) is 1.61. The van der Waals surface area contributed by atoms with E-state index in [1.807, 2.05) is 13.0 Å². The molecule has 1 aromatic heterocycles. The minimum absolute atomic E-state index is 0.102. The van der Waals surface area contributed by atoms with Crippen molar-refractivity contribution in [1.82, 2.24) is 15.5 Å². The molecule has 0 saturated carbocycles. The fourth-order valence-electron chi connectivity index (χ4n) is 3.02. The zero-order valence-electron chi connectivity index (χ0n) is 17.2. The van der Waals surface area contributed by atoms with Gasteiger partial charge >= 0.3 is 0 Å². The van der Waals surface area contributed by atoms with Gasteiger partial charge < -0.3 is 10.1 Å². The number of amides is 1. The summed E-state index contributed by atoms with van der Waals surface area (Å²) < 4.78 is 18.3. The van der Waals surface area contributed by atoms with Crippen LogP contribution in [0.1, 0.15) is 29.3 Å². The van der Waals surface area contributed by atoms with E-state index in [-0.39, 0.29) is 17.6 Å². The number of benzene rings is 2. The second kappa shape index (κ2) is 10.3. The van der Waals surface area contributed by atoms with Gasteiger partial charge in [-0.05, 0) is 53.9 Å². The number of nitrogens with zero attached hydrogens (tertiary/aromatic N) is 3. The SMILES string of the molecule is COC[C@H](C)CC(=Nc1cc(-c2ccc(F)cc2)[nH]n1)NC(=O)c1cccc(C#N)c1. The number of H-pyrrole nitrogens is 1. The van der Waals surface area contributed by atoms with Crippen LogP contribution in [0.5, 0.6) is 0 Å². The minimum Gasteiger partial charge on any atom is -0.384 e. The number of nitrogens with one attached hydrogen (secondary N) is 2. The first kappa shape index (κ1) is 21.9. The Kier molecular flexibility index (Phi) is 7.25. The number of carbonyl (C=O) groups is 1. The number of aromatic nitrogens is 2. The summed E-state index contributed by atoms with van der Waals surface area (Å²) in [6, 6.07) is 16.2. The van der Waals surface area contributed by atoms with E-state index in [0.717, 1.165) is 5.56 Å². The van der Waals surface area contributed by atoms with Gasteiger partial charge in [0.2, 0.25) is 0 Å². The summed E-state index contributed by atoms with van der Waals surface area (Å²) in [5, 5.41) is 18.9. The molecule has 3 rings (SSSR count). The fraction of sp³-hybridized carbons (Fsp3) is 0.217. The summed E-state index contributed by atoms with van der Waals surface area (Å²) >= 11 is 0. The molecule has 0 saturated heterocycles. The molecule has 0 aliphatic carbocycles. The molecule has 0 aliphatic heterocycles. The highest BCUT2D eigenvalue weighted by atomic mass is 19.1. The van der Waals surface area contributed by atoms with Crippen molar-refractivity contribution in [3.05, 3.63) is 71.5 Å². The van der Waals surface area contributed by atoms with Crippen molar-refractivity contribution in [3.8, 4) is 17.3 Å². The number of hydrogen-bond acceptors (Lipinski definition) is 5. The number of methoxy groups -OCH3 is 1. The third-order valence-electron chi connectivity index (χ3n) is 4.47. The van der Waals surface area contributed by atoms with Crippen LogP contribution >= 0.6 is 0 Å². The smallest absolute Gasteiger partial charge is 0.256 e. The molecule has 1 amide bonds. The number of amidine groups is 1. The summed E-state index contributed by atoms with van der Waals surface area (Å²) in [4.78, 5) is 17.2. The summed E-state index contributed by atoms with van der Waals surface area (Å²) in [6.45, 7) is 2.48. The van der Waals surface area contributed by atoms with Crippen LogP contribution in [0.3, 0.4) is 0 Å². The average molecular weight is 419 g/mol. The van der Waals surface area contributed by atoms with Crippen molar-refractivity contribution >= 4 is 17.6 Å². The lowest BCUT2D eigenvalue weighted by Crippen LogP contribution is -2.32. The van der Waals surface area contributed by atoms with Crippen LogP contribution in [0.4, 0.5) is 10.2 Å². The highest BCUT2D eigenvalue weighted by Gasteiger charge is 2.14. The molecular formula is C23H22FN5O2. The number of aromatic amines is 1. The predicted octanol–water partition coefficient (Wildman–Crippen LogP) is 4.22. The number of aliphatic imine (C=N–C) groups is 1. The van der Waals surface area contributed by atoms with E-state index in [1.165, 1.54) is 18.2 Å². The average Bonchev–Trinajstić information content (AvgIpc) is 3.22. The van der Waals surface area contributed by atoms with Gasteiger partial charge in [0.05, 0.1) is 17.3 Å². The van der Waals surface area contributed by atoms with Crippen LogP contribution in [-0.2, 0) is 4.74 Å². The van der Waals surface area contributed by atoms with Gasteiger partial charge in [-0.15, -0.1) is 0 Å². The zero-order valence-corrected chi connectivity index (χ0v) is 17.2. The van der Waals surface area contributed by atoms with Crippen LogP contribution in [-0.4, -0.2) is 35.7 Å². The fourth-order valence-corrected chi connectivity index (χ4v) is 3.02. The van der Waals surface area contributed by atoms with E-state index < -0.39 is 0 Å². The molecule has 8 heteroatoms. The molecule has 0 radical (unpaired) electrons. The van der Waals surface area contributed by atoms with E-state index in [2.05, 4.69) is 20.5 Å². The molecule has 0 bridgehead atoms. The van der Waals surface area contributed by atoms with E-state index in [1.54, 1.807) is 43.5 Å². The molecule has 158 valence electrons. The first-order valence-electron chi connectivity index (χ1n) is 9.68. The molecule has 0 unspecified atom stereocenters. The maximum Gasteiger partial charge on any atom is 0.256 e. The number of nitriles is 1. The van der Waals surface area contributed by atoms with Gasteiger partial charge in [0, 0.05) is 31.8 Å². The van der Waals surface area contributed by atoms with Crippen LogP contribution in [0.15, 0.2) is 59.6 Å². The van der Waals surface area contributed by atoms with Crippen LogP contribution in [0, 0.1) is 23.1 Å². The van der Waals surface area contributed by atoms with Gasteiger partial charge in [0.15, 0.2) is 5.82 Å². The number of hydrogen-bond donors (Lipinski definition) is 2. The minimum atomic E-state index is -0.366. The largest absolute Gasteiger partial charge is 0.384 e. The lowest BCUT2D eigenvalue weighted by Gasteiger charge is -2.13. The molecule has 31 heavy (non-hydrogen) atoms. The van der Waals surface area contributed by atoms with Crippen LogP contribution < -0.4 is 5.32 Å². The molecule has 2 aromatic carbocycles. The zero-order chi connectivity index (χ0) is 22.2. The Morgan fingerprint density at radius 3 is 2.77 bits per heavy atom. The standard InChI is InChI=1S/C23H22FN5O2/c1-15(14-31-2)10-21(27-23(30)18-5-3-4-16(11-18)13-25)26-22-12-20(28-29-22)17-6-8-19(24)9-7-17/h3-9,11-12,15H,10,14H2,1-2H3,(H2,26,27,28,29,30)/t15-/m1/s1. The van der Waals surface area contributed by atoms with Crippen LogP contribution in [0.25, 0.3) is 11.3 Å². The van der Waals surface area contributed by atoms with Crippen molar-refractivity contribution in [3.63, 3.8) is 0 Å². The lowest BCUT2D eigenvalue weighted by molar-refractivity contribution is 0.0975. The van der Waals surface area contributed by atoms with Gasteiger partial charge in [0.25, 0.3) is 5.91 Å². The van der Waals surface area contributed by atoms with Gasteiger partial charge in [-0.25, -0.2) is 9.38 Å². The highest BCUT2D eigenvalue weighted by Crippen LogP contribution is 2.22. The molecule has 2 N–H and O–H groups in total. The maximum absolute atomic E-state index is 13.2. The second-order valence-corrected chi connectivity index (χ2v) is 7.12. The van der Waals surface area contributed by atoms with E-state index >= 15 is 0 Å². The molecule has 0 aliphatic rings. The Bertz CT molecular complexity index is 1120. The Hall–Kier alpha value is -3.83. The normalized spacial score (nSPS) is 12.3. The molecule has 1 heterocycles. The topological polar surface area (TPSA) is 103 Å². The van der Waals surface area contributed by atoms with Crippen molar-refractivity contribution in [1.29, 1.82) is 5.26 Å². The van der Waals surface area contributed by atoms with E-state index in [9.17, 15) is 9.18 Å². The summed E-state index contributed by atoms with van der Waals surface area (Å²) in [6.07, 6.45) is 0.455. The molecule has 0 fully saturated rings. The third-order valence-corrected chi connectivity index (χ3v) is 4.47. The van der Waals surface area contributed by atoms with Gasteiger partial charge in [-0.2, -0.15) is 10.4 Å². The molecular weight excluding hydrogens is 397 g/mol. The van der Waals surface area contributed by atoms with Crippen molar-refractivity contribution in [2.75, 3.05) is 13.7 Å². The van der Waals surface area contributed by atoms with Gasteiger partial charge in [-0.3, -0.25) is 9.89 Å². The van der Waals surface area contributed by atoms with E-state index in [4.69, 9.17) is 10.00 Å². The lowest BCUT2D eigenvalue weighted by atomic mass is 10.1. The maximum atomic E-state index is 13.2. The first-order valence-corrected chi connectivity index (χ1v) is 9.68. The monoisotopic (exact) mass is 419 g/mol. The Balaban J connectivity index is 1.84. The first-order chi connectivity index (χ1) is 15.0. The van der Waals surface area contributed by atoms with Crippen molar-refractivity contribution in [2.24, 2.45) is 10.9 Å². The van der Waals surface area contributed by atoms with Crippen LogP contribution in [0.2, 0.25) is 0 Å². The number of ether oxygens (including phenoxy) is 1.